The van der Waals surface area contributed by atoms with Gasteiger partial charge in [-0.3, -0.25) is 19.1 Å². The van der Waals surface area contributed by atoms with Crippen molar-refractivity contribution in [3.05, 3.63) is 29.4 Å². The van der Waals surface area contributed by atoms with Crippen molar-refractivity contribution in [1.82, 2.24) is 25.2 Å². The van der Waals surface area contributed by atoms with Crippen molar-refractivity contribution in [2.24, 2.45) is 11.3 Å². The Hall–Kier alpha value is -3.85. The van der Waals surface area contributed by atoms with E-state index in [-0.39, 0.29) is 31.2 Å². The lowest BCUT2D eigenvalue weighted by Crippen LogP contribution is -2.60. The number of sulfonamides is 1. The second-order valence-electron chi connectivity index (χ2n) is 15.5. The summed E-state index contributed by atoms with van der Waals surface area (Å²) >= 11 is 6.31. The molecule has 5 unspecified atom stereocenters. The van der Waals surface area contributed by atoms with Gasteiger partial charge in [-0.1, -0.05) is 39.3 Å². The van der Waals surface area contributed by atoms with Crippen molar-refractivity contribution in [2.45, 2.75) is 109 Å². The molecule has 2 aliphatic carbocycles. The van der Waals surface area contributed by atoms with Crippen LogP contribution in [-0.2, 0) is 29.1 Å². The highest BCUT2D eigenvalue weighted by Crippen LogP contribution is 2.44. The van der Waals surface area contributed by atoms with Crippen LogP contribution >= 0.6 is 11.6 Å². The Morgan fingerprint density at radius 3 is 2.30 bits per heavy atom. The van der Waals surface area contributed by atoms with Gasteiger partial charge >= 0.3 is 6.09 Å². The molecule has 0 bridgehead atoms. The topological polar surface area (TPSA) is 182 Å². The number of amides is 4. The molecule has 3 aliphatic rings. The number of rotatable bonds is 10. The lowest BCUT2D eigenvalue weighted by Gasteiger charge is -2.36. The Bertz CT molecular complexity index is 1800. The minimum atomic E-state index is -3.87. The number of aromatic nitrogens is 1. The minimum absolute atomic E-state index is 0.00307. The third kappa shape index (κ3) is 8.03. The molecular weight excluding hydrogens is 690 g/mol. The molecular formula is C34H46ClN5O9S. The summed E-state index contributed by atoms with van der Waals surface area (Å²) in [5.41, 5.74) is -3.11. The van der Waals surface area contributed by atoms with E-state index in [9.17, 15) is 27.6 Å². The summed E-state index contributed by atoms with van der Waals surface area (Å²) in [7, 11) is -2.35. The molecule has 5 rings (SSSR count). The van der Waals surface area contributed by atoms with Gasteiger partial charge in [-0.05, 0) is 69.6 Å². The molecule has 3 N–H and O–H groups in total. The maximum absolute atomic E-state index is 14.4. The molecule has 2 aromatic rings. The summed E-state index contributed by atoms with van der Waals surface area (Å²) in [6, 6.07) is 2.88. The normalized spacial score (nSPS) is 24.3. The summed E-state index contributed by atoms with van der Waals surface area (Å²) in [4.78, 5) is 60.5. The van der Waals surface area contributed by atoms with E-state index >= 15 is 0 Å². The minimum Gasteiger partial charge on any atom is -0.494 e. The lowest BCUT2D eigenvalue weighted by molar-refractivity contribution is -0.143. The molecule has 5 atom stereocenters. The third-order valence-electron chi connectivity index (χ3n) is 9.16. The summed E-state index contributed by atoms with van der Waals surface area (Å²) in [6.07, 6.45) is 1.10. The molecule has 1 aliphatic heterocycles. The zero-order valence-corrected chi connectivity index (χ0v) is 31.2. The number of likely N-dealkylation sites (tertiary alicyclic amines) is 1. The average Bonchev–Trinajstić information content (AvgIpc) is 3.92. The zero-order valence-electron chi connectivity index (χ0n) is 29.6. The Morgan fingerprint density at radius 2 is 1.74 bits per heavy atom. The van der Waals surface area contributed by atoms with Gasteiger partial charge in [0.1, 0.15) is 35.1 Å². The van der Waals surface area contributed by atoms with Gasteiger partial charge in [0.15, 0.2) is 0 Å². The van der Waals surface area contributed by atoms with Gasteiger partial charge in [-0.25, -0.2) is 18.2 Å². The van der Waals surface area contributed by atoms with Gasteiger partial charge in [-0.2, -0.15) is 0 Å². The molecule has 274 valence electrons. The number of carbonyl (C=O) groups is 4. The van der Waals surface area contributed by atoms with Crippen LogP contribution in [-0.4, -0.2) is 90.3 Å². The Kier molecular flexibility index (Phi) is 10.00. The second kappa shape index (κ2) is 13.4. The van der Waals surface area contributed by atoms with Crippen LogP contribution in [0.25, 0.3) is 10.8 Å². The van der Waals surface area contributed by atoms with Crippen molar-refractivity contribution in [3.8, 4) is 11.6 Å². The molecule has 1 saturated heterocycles. The van der Waals surface area contributed by atoms with Gasteiger partial charge < -0.3 is 29.7 Å². The van der Waals surface area contributed by atoms with E-state index in [0.29, 0.717) is 34.4 Å². The Balaban J connectivity index is 1.45. The van der Waals surface area contributed by atoms with Gasteiger partial charge in [0.05, 0.1) is 25.1 Å². The number of fused-ring (bicyclic) bond motifs is 1. The zero-order chi connectivity index (χ0) is 37.0. The third-order valence-corrected chi connectivity index (χ3v) is 11.2. The summed E-state index contributed by atoms with van der Waals surface area (Å²) in [5, 5.41) is 6.53. The van der Waals surface area contributed by atoms with Crippen LogP contribution in [0.15, 0.2) is 24.4 Å². The molecule has 16 heteroatoms. The van der Waals surface area contributed by atoms with E-state index in [1.807, 2.05) is 0 Å². The molecule has 0 radical (unpaired) electrons. The van der Waals surface area contributed by atoms with E-state index in [2.05, 4.69) is 20.3 Å². The van der Waals surface area contributed by atoms with Crippen molar-refractivity contribution >= 4 is 56.2 Å². The standard InChI is InChI=1S/C34H46ClN5O9S/c1-18-15-34(18,30(43)39-50(45,46)21-10-11-21)38-27(41)24-14-20(48-28-23-13-19(35)9-12-22(23)25(47-8)16-36-28)17-40(24)29(42)26(32(2,3)4)37-31(44)49-33(5,6)7/h9,12-13,16,18,20-21,24,26H,10-11,14-15,17H2,1-8H3,(H,37,44)(H,38,41)(H,39,43). The number of halogens is 1. The number of pyridine rings is 1. The SMILES string of the molecule is COc1cnc(OC2CC(C(=O)NC3(C(=O)NS(=O)(=O)C4CC4)CC3C)N(C(=O)C(NC(=O)OC(C)(C)C)C(C)(C)C)C2)c2cc(Cl)ccc12. The summed E-state index contributed by atoms with van der Waals surface area (Å²) < 4.78 is 44.6. The first kappa shape index (κ1) is 37.4. The van der Waals surface area contributed by atoms with Crippen molar-refractivity contribution in [2.75, 3.05) is 13.7 Å². The van der Waals surface area contributed by atoms with Gasteiger partial charge in [0.2, 0.25) is 27.7 Å². The molecule has 2 saturated carbocycles. The summed E-state index contributed by atoms with van der Waals surface area (Å²) in [6.45, 7) is 12.1. The van der Waals surface area contributed by atoms with Crippen molar-refractivity contribution in [1.29, 1.82) is 0 Å². The highest BCUT2D eigenvalue weighted by atomic mass is 35.5. The number of methoxy groups -OCH3 is 1. The van der Waals surface area contributed by atoms with Crippen molar-refractivity contribution in [3.63, 3.8) is 0 Å². The van der Waals surface area contributed by atoms with Gasteiger partial charge in [0, 0.05) is 22.2 Å². The highest BCUT2D eigenvalue weighted by molar-refractivity contribution is 7.91. The fourth-order valence-electron chi connectivity index (χ4n) is 6.15. The Labute approximate surface area is 297 Å². The number of hydrogen-bond acceptors (Lipinski definition) is 10. The quantitative estimate of drug-likeness (QED) is 0.326. The molecule has 2 heterocycles. The number of nitrogens with one attached hydrogen (secondary N) is 3. The molecule has 50 heavy (non-hydrogen) atoms. The first-order valence-corrected chi connectivity index (χ1v) is 18.5. The van der Waals surface area contributed by atoms with E-state index in [4.69, 9.17) is 25.8 Å². The first-order valence-electron chi connectivity index (χ1n) is 16.6. The second-order valence-corrected chi connectivity index (χ2v) is 17.9. The van der Waals surface area contributed by atoms with Crippen LogP contribution in [0.3, 0.4) is 0 Å². The van der Waals surface area contributed by atoms with E-state index < -0.39 is 73.8 Å². The molecule has 0 spiro atoms. The van der Waals surface area contributed by atoms with E-state index in [0.717, 1.165) is 0 Å². The van der Waals surface area contributed by atoms with Crippen LogP contribution in [0.5, 0.6) is 11.6 Å². The van der Waals surface area contributed by atoms with E-state index in [1.54, 1.807) is 66.7 Å². The fourth-order valence-corrected chi connectivity index (χ4v) is 7.69. The first-order chi connectivity index (χ1) is 23.1. The number of alkyl carbamates (subject to hydrolysis) is 1. The lowest BCUT2D eigenvalue weighted by atomic mass is 9.85. The predicted molar refractivity (Wildman–Crippen MR) is 185 cm³/mol. The maximum atomic E-state index is 14.4. The highest BCUT2D eigenvalue weighted by Gasteiger charge is 2.61. The molecule has 1 aromatic heterocycles. The number of carbonyl (C=O) groups excluding carboxylic acids is 4. The number of hydrogen-bond donors (Lipinski definition) is 3. The number of ether oxygens (including phenoxy) is 3. The predicted octanol–water partition coefficient (Wildman–Crippen LogP) is 3.69. The largest absolute Gasteiger partial charge is 0.494 e. The van der Waals surface area contributed by atoms with Crippen LogP contribution in [0.1, 0.15) is 74.1 Å². The van der Waals surface area contributed by atoms with Gasteiger partial charge in [-0.15, -0.1) is 0 Å². The smallest absolute Gasteiger partial charge is 0.408 e. The number of benzene rings is 1. The van der Waals surface area contributed by atoms with Crippen LogP contribution < -0.4 is 24.8 Å². The fraction of sp³-hybridized carbons (Fsp3) is 0.618. The molecule has 4 amide bonds. The molecule has 3 fully saturated rings. The van der Waals surface area contributed by atoms with Crippen molar-refractivity contribution < 1.29 is 41.8 Å². The maximum Gasteiger partial charge on any atom is 0.408 e. The molecule has 14 nitrogen and oxygen atoms in total. The van der Waals surface area contributed by atoms with Gasteiger partial charge in [0.25, 0.3) is 5.91 Å². The average molecular weight is 736 g/mol. The summed E-state index contributed by atoms with van der Waals surface area (Å²) in [5.74, 6) is -1.68. The monoisotopic (exact) mass is 735 g/mol. The van der Waals surface area contributed by atoms with Crippen LogP contribution in [0.2, 0.25) is 5.02 Å². The number of nitrogens with zero attached hydrogens (tertiary/aromatic N) is 2. The molecule has 1 aromatic carbocycles. The van der Waals surface area contributed by atoms with E-state index in [1.165, 1.54) is 18.2 Å². The van der Waals surface area contributed by atoms with Crippen LogP contribution in [0, 0.1) is 11.3 Å². The van der Waals surface area contributed by atoms with Crippen LogP contribution in [0.4, 0.5) is 4.79 Å². The Morgan fingerprint density at radius 1 is 1.08 bits per heavy atom.